The fourth-order valence-electron chi connectivity index (χ4n) is 3.34. The van der Waals surface area contributed by atoms with Crippen molar-refractivity contribution in [3.63, 3.8) is 0 Å². The Morgan fingerprint density at radius 1 is 0.652 bits per heavy atom. The van der Waals surface area contributed by atoms with E-state index < -0.39 is 0 Å². The van der Waals surface area contributed by atoms with Gasteiger partial charge in [-0.15, -0.1) is 0 Å². The number of rotatable bonds is 2. The molecule has 0 bridgehead atoms. The maximum absolute atomic E-state index is 2.28. The largest absolute Gasteiger partial charge is 0.0651 e. The molecule has 0 aromatic heterocycles. The van der Waals surface area contributed by atoms with Crippen LogP contribution in [0.5, 0.6) is 0 Å². The number of aryl methyl sites for hydroxylation is 1. The van der Waals surface area contributed by atoms with Crippen LogP contribution in [0.4, 0.5) is 0 Å². The quantitative estimate of drug-likeness (QED) is 0.509. The molecule has 0 heteroatoms. The minimum Gasteiger partial charge on any atom is -0.0651 e. The van der Waals surface area contributed by atoms with Crippen molar-refractivity contribution in [2.24, 2.45) is 0 Å². The van der Waals surface area contributed by atoms with Crippen molar-refractivity contribution >= 4 is 0 Å². The SMILES string of the molecule is CC1c2ccccc2-c2ccccc21.CCCc1ccccc1. The Bertz CT molecular complexity index is 710. The van der Waals surface area contributed by atoms with Crippen molar-refractivity contribution in [1.82, 2.24) is 0 Å². The summed E-state index contributed by atoms with van der Waals surface area (Å²) in [4.78, 5) is 0. The molecule has 0 spiro atoms. The van der Waals surface area contributed by atoms with Gasteiger partial charge < -0.3 is 0 Å². The van der Waals surface area contributed by atoms with Gasteiger partial charge in [0.1, 0.15) is 0 Å². The fraction of sp³-hybridized carbons (Fsp3) is 0.217. The predicted molar refractivity (Wildman–Crippen MR) is 99.8 cm³/mol. The lowest BCUT2D eigenvalue weighted by atomic mass is 10.00. The minimum absolute atomic E-state index is 0.558. The average molecular weight is 300 g/mol. The zero-order chi connectivity index (χ0) is 16.1. The third-order valence-electron chi connectivity index (χ3n) is 4.53. The van der Waals surface area contributed by atoms with E-state index in [2.05, 4.69) is 92.7 Å². The predicted octanol–water partition coefficient (Wildman–Crippen LogP) is 6.46. The molecule has 3 aromatic rings. The van der Waals surface area contributed by atoms with Crippen molar-refractivity contribution in [2.75, 3.05) is 0 Å². The molecule has 0 unspecified atom stereocenters. The van der Waals surface area contributed by atoms with Gasteiger partial charge in [0.25, 0.3) is 0 Å². The van der Waals surface area contributed by atoms with E-state index in [0.29, 0.717) is 5.92 Å². The monoisotopic (exact) mass is 300 g/mol. The van der Waals surface area contributed by atoms with Gasteiger partial charge in [0.2, 0.25) is 0 Å². The molecule has 0 amide bonds. The van der Waals surface area contributed by atoms with Crippen molar-refractivity contribution in [3.8, 4) is 11.1 Å². The highest BCUT2D eigenvalue weighted by molar-refractivity contribution is 5.78. The van der Waals surface area contributed by atoms with Crippen LogP contribution in [0.1, 0.15) is 42.9 Å². The van der Waals surface area contributed by atoms with Crippen molar-refractivity contribution < 1.29 is 0 Å². The van der Waals surface area contributed by atoms with Crippen molar-refractivity contribution in [2.45, 2.75) is 32.6 Å². The van der Waals surface area contributed by atoms with Gasteiger partial charge in [0, 0.05) is 5.92 Å². The Morgan fingerprint density at radius 2 is 1.13 bits per heavy atom. The third kappa shape index (κ3) is 3.37. The van der Waals surface area contributed by atoms with Crippen LogP contribution in [0.3, 0.4) is 0 Å². The van der Waals surface area contributed by atoms with Gasteiger partial charge in [0.05, 0.1) is 0 Å². The lowest BCUT2D eigenvalue weighted by Crippen LogP contribution is -1.87. The Balaban J connectivity index is 0.000000151. The molecule has 0 atom stereocenters. The molecular weight excluding hydrogens is 276 g/mol. The second-order valence-electron chi connectivity index (χ2n) is 6.13. The second kappa shape index (κ2) is 7.28. The summed E-state index contributed by atoms with van der Waals surface area (Å²) in [5.41, 5.74) is 7.20. The van der Waals surface area contributed by atoms with Crippen LogP contribution in [0, 0.1) is 0 Å². The van der Waals surface area contributed by atoms with Crippen LogP contribution >= 0.6 is 0 Å². The molecule has 1 aliphatic carbocycles. The van der Waals surface area contributed by atoms with Crippen molar-refractivity contribution in [1.29, 1.82) is 0 Å². The van der Waals surface area contributed by atoms with Gasteiger partial charge in [-0.25, -0.2) is 0 Å². The van der Waals surface area contributed by atoms with Gasteiger partial charge in [0.15, 0.2) is 0 Å². The average Bonchev–Trinajstić information content (AvgIpc) is 2.91. The van der Waals surface area contributed by atoms with E-state index in [1.165, 1.54) is 40.7 Å². The van der Waals surface area contributed by atoms with E-state index in [1.807, 2.05) is 0 Å². The summed E-state index contributed by atoms with van der Waals surface area (Å²) in [6.45, 7) is 4.48. The normalized spacial score (nSPS) is 12.1. The van der Waals surface area contributed by atoms with Crippen LogP contribution in [-0.2, 0) is 6.42 Å². The number of fused-ring (bicyclic) bond motifs is 3. The topological polar surface area (TPSA) is 0 Å². The van der Waals surface area contributed by atoms with Crippen molar-refractivity contribution in [3.05, 3.63) is 95.6 Å². The Hall–Kier alpha value is -2.34. The highest BCUT2D eigenvalue weighted by Gasteiger charge is 2.23. The summed E-state index contributed by atoms with van der Waals surface area (Å²) in [6.07, 6.45) is 2.45. The number of hydrogen-bond donors (Lipinski definition) is 0. The zero-order valence-electron chi connectivity index (χ0n) is 14.0. The van der Waals surface area contributed by atoms with Gasteiger partial charge in [-0.05, 0) is 34.2 Å². The number of hydrogen-bond acceptors (Lipinski definition) is 0. The van der Waals surface area contributed by atoms with Gasteiger partial charge in [-0.1, -0.05) is 99.1 Å². The van der Waals surface area contributed by atoms with Gasteiger partial charge in [-0.3, -0.25) is 0 Å². The van der Waals surface area contributed by atoms with E-state index in [4.69, 9.17) is 0 Å². The molecule has 0 aliphatic heterocycles. The fourth-order valence-corrected chi connectivity index (χ4v) is 3.34. The second-order valence-corrected chi connectivity index (χ2v) is 6.13. The number of benzene rings is 3. The molecular formula is C23H24. The summed E-state index contributed by atoms with van der Waals surface area (Å²) < 4.78 is 0. The summed E-state index contributed by atoms with van der Waals surface area (Å²) in [5.74, 6) is 0.558. The molecule has 23 heavy (non-hydrogen) atoms. The van der Waals surface area contributed by atoms with E-state index in [9.17, 15) is 0 Å². The first kappa shape index (κ1) is 15.6. The smallest absolute Gasteiger partial charge is 0.00733 e. The maximum atomic E-state index is 2.28. The molecule has 0 heterocycles. The molecule has 0 nitrogen and oxygen atoms in total. The maximum Gasteiger partial charge on any atom is 0.00733 e. The summed E-state index contributed by atoms with van der Waals surface area (Å²) >= 11 is 0. The van der Waals surface area contributed by atoms with E-state index in [0.717, 1.165) is 0 Å². The molecule has 0 N–H and O–H groups in total. The molecule has 1 aliphatic rings. The zero-order valence-corrected chi connectivity index (χ0v) is 14.0. The van der Waals surface area contributed by atoms with Crippen LogP contribution in [0.25, 0.3) is 11.1 Å². The summed E-state index contributed by atoms with van der Waals surface area (Å²) in [7, 11) is 0. The molecule has 4 rings (SSSR count). The first-order valence-corrected chi connectivity index (χ1v) is 8.53. The highest BCUT2D eigenvalue weighted by atomic mass is 14.3. The van der Waals surface area contributed by atoms with Crippen LogP contribution < -0.4 is 0 Å². The van der Waals surface area contributed by atoms with Crippen LogP contribution in [0.15, 0.2) is 78.9 Å². The molecule has 3 aromatic carbocycles. The minimum atomic E-state index is 0.558. The van der Waals surface area contributed by atoms with Gasteiger partial charge in [-0.2, -0.15) is 0 Å². The highest BCUT2D eigenvalue weighted by Crippen LogP contribution is 2.43. The third-order valence-corrected chi connectivity index (χ3v) is 4.53. The lowest BCUT2D eigenvalue weighted by Gasteiger charge is -2.04. The van der Waals surface area contributed by atoms with Crippen LogP contribution in [-0.4, -0.2) is 0 Å². The standard InChI is InChI=1S/C14H12.C9H12/c1-10-11-6-2-4-8-13(11)14-9-5-3-7-12(10)14;1-2-6-9-7-4-3-5-8-9/h2-10H,1H3;3-5,7-8H,2,6H2,1H3. The Kier molecular flexibility index (Phi) is 4.92. The molecule has 116 valence electrons. The first-order valence-electron chi connectivity index (χ1n) is 8.53. The lowest BCUT2D eigenvalue weighted by molar-refractivity contribution is 0.922. The van der Waals surface area contributed by atoms with E-state index in [1.54, 1.807) is 0 Å². The molecule has 0 radical (unpaired) electrons. The van der Waals surface area contributed by atoms with E-state index in [-0.39, 0.29) is 0 Å². The van der Waals surface area contributed by atoms with E-state index >= 15 is 0 Å². The Morgan fingerprint density at radius 3 is 1.65 bits per heavy atom. The van der Waals surface area contributed by atoms with Crippen LogP contribution in [0.2, 0.25) is 0 Å². The molecule has 0 saturated heterocycles. The molecule has 0 fully saturated rings. The molecule has 0 saturated carbocycles. The van der Waals surface area contributed by atoms with Gasteiger partial charge >= 0.3 is 0 Å². The first-order chi connectivity index (χ1) is 11.3. The Labute approximate surface area is 139 Å². The summed E-state index contributed by atoms with van der Waals surface area (Å²) in [5, 5.41) is 0. The summed E-state index contributed by atoms with van der Waals surface area (Å²) in [6, 6.07) is 28.0.